The largest absolute Gasteiger partial charge is 0.426 e. The Bertz CT molecular complexity index is 486. The number of primary amides is 1. The monoisotopic (exact) mass is 234 g/mol. The van der Waals surface area contributed by atoms with Crippen LogP contribution < -0.4 is 15.1 Å². The number of benzene rings is 1. The molecule has 1 aromatic rings. The van der Waals surface area contributed by atoms with E-state index in [1.54, 1.807) is 13.1 Å². The predicted molar refractivity (Wildman–Crippen MR) is 66.6 cm³/mol. The first-order valence-electron chi connectivity index (χ1n) is 5.48. The molecule has 0 spiro atoms. The molecule has 1 heterocycles. The van der Waals surface area contributed by atoms with E-state index in [0.717, 1.165) is 5.69 Å². The molecule has 1 unspecified atom stereocenters. The molecule has 0 radical (unpaired) electrons. The van der Waals surface area contributed by atoms with Crippen LogP contribution in [-0.2, 0) is 4.79 Å². The Kier molecular flexibility index (Phi) is 2.63. The van der Waals surface area contributed by atoms with E-state index in [9.17, 15) is 9.59 Å². The van der Waals surface area contributed by atoms with Gasteiger partial charge in [-0.25, -0.2) is 9.59 Å². The highest BCUT2D eigenvalue weighted by Crippen LogP contribution is 2.35. The lowest BCUT2D eigenvalue weighted by Gasteiger charge is -2.26. The highest BCUT2D eigenvalue weighted by atomic mass is 16.2. The van der Waals surface area contributed by atoms with Gasteiger partial charge >= 0.3 is 11.9 Å². The van der Waals surface area contributed by atoms with Crippen LogP contribution >= 0.6 is 0 Å². The summed E-state index contributed by atoms with van der Waals surface area (Å²) in [5.41, 5.74) is 6.93. The fourth-order valence-electron chi connectivity index (χ4n) is 2.15. The van der Waals surface area contributed by atoms with E-state index in [0.29, 0.717) is 18.7 Å². The second kappa shape index (κ2) is 3.85. The fraction of sp³-hybridized carbons (Fsp3) is 0.333. The van der Waals surface area contributed by atoms with Gasteiger partial charge in [-0.15, -0.1) is 4.48 Å². The molecular weight excluding hydrogens is 218 g/mol. The van der Waals surface area contributed by atoms with Crippen LogP contribution in [0.4, 0.5) is 16.2 Å². The van der Waals surface area contributed by atoms with Crippen molar-refractivity contribution in [1.29, 1.82) is 0 Å². The van der Waals surface area contributed by atoms with E-state index >= 15 is 0 Å². The molecule has 5 heteroatoms. The molecule has 3 amide bonds. The lowest BCUT2D eigenvalue weighted by atomic mass is 10.2. The molecule has 1 aliphatic rings. The highest BCUT2D eigenvalue weighted by Gasteiger charge is 2.44. The molecule has 1 atom stereocenters. The number of carbonyl (C=O) groups excluding carboxylic acids is 2. The summed E-state index contributed by atoms with van der Waals surface area (Å²) in [6.07, 6.45) is 0.310. The van der Waals surface area contributed by atoms with E-state index < -0.39 is 10.5 Å². The third-order valence-corrected chi connectivity index (χ3v) is 3.38. The molecule has 2 N–H and O–H groups in total. The number of para-hydroxylation sites is 2. The summed E-state index contributed by atoms with van der Waals surface area (Å²) in [6.45, 7) is 0.594. The Morgan fingerprint density at radius 3 is 2.71 bits per heavy atom. The molecule has 5 nitrogen and oxygen atoms in total. The van der Waals surface area contributed by atoms with Gasteiger partial charge < -0.3 is 10.6 Å². The third kappa shape index (κ3) is 1.59. The summed E-state index contributed by atoms with van der Waals surface area (Å²) in [5, 5.41) is 0. The Morgan fingerprint density at radius 1 is 1.41 bits per heavy atom. The molecule has 0 aromatic heterocycles. The molecule has 1 aliphatic heterocycles. The third-order valence-electron chi connectivity index (χ3n) is 3.38. The summed E-state index contributed by atoms with van der Waals surface area (Å²) in [7, 11) is 3.46. The Balaban J connectivity index is 2.70. The van der Waals surface area contributed by atoms with Gasteiger partial charge in [0.2, 0.25) is 0 Å². The van der Waals surface area contributed by atoms with Gasteiger partial charge in [-0.05, 0) is 6.07 Å². The summed E-state index contributed by atoms with van der Waals surface area (Å²) < 4.78 is -0.458. The molecule has 0 aliphatic carbocycles. The summed E-state index contributed by atoms with van der Waals surface area (Å²) >= 11 is 0. The second-order valence-electron chi connectivity index (χ2n) is 4.40. The average Bonchev–Trinajstić information content (AvgIpc) is 2.42. The summed E-state index contributed by atoms with van der Waals surface area (Å²) in [4.78, 5) is 25.8. The van der Waals surface area contributed by atoms with Crippen molar-refractivity contribution >= 4 is 23.3 Å². The molecule has 0 bridgehead atoms. The van der Waals surface area contributed by atoms with Crippen LogP contribution in [0.1, 0.15) is 6.42 Å². The number of nitrogens with two attached hydrogens (primary N) is 1. The van der Waals surface area contributed by atoms with Crippen molar-refractivity contribution in [3.8, 4) is 0 Å². The number of amides is 3. The van der Waals surface area contributed by atoms with Crippen LogP contribution in [0, 0.1) is 0 Å². The predicted octanol–water partition coefficient (Wildman–Crippen LogP) is 1.07. The van der Waals surface area contributed by atoms with Crippen molar-refractivity contribution in [1.82, 2.24) is 4.48 Å². The number of carbonyl (C=O) groups is 2. The smallest absolute Gasteiger partial charge is 0.369 e. The fourth-order valence-corrected chi connectivity index (χ4v) is 2.15. The van der Waals surface area contributed by atoms with Crippen LogP contribution in [0.15, 0.2) is 24.3 Å². The molecular formula is C12H16N3O2+. The Labute approximate surface area is 100 Å². The number of anilines is 1. The van der Waals surface area contributed by atoms with Gasteiger partial charge in [0.05, 0.1) is 19.2 Å². The maximum Gasteiger partial charge on any atom is 0.426 e. The molecule has 0 fully saturated rings. The number of imide groups is 1. The van der Waals surface area contributed by atoms with Crippen molar-refractivity contribution in [2.75, 3.05) is 25.5 Å². The van der Waals surface area contributed by atoms with Crippen LogP contribution in [0.2, 0.25) is 0 Å². The van der Waals surface area contributed by atoms with Gasteiger partial charge in [-0.2, -0.15) is 0 Å². The highest BCUT2D eigenvalue weighted by molar-refractivity contribution is 6.10. The van der Waals surface area contributed by atoms with Crippen LogP contribution in [-0.4, -0.2) is 32.6 Å². The molecule has 0 saturated heterocycles. The zero-order chi connectivity index (χ0) is 12.6. The first-order chi connectivity index (χ1) is 7.98. The first kappa shape index (κ1) is 11.6. The lowest BCUT2D eigenvalue weighted by Crippen LogP contribution is -2.57. The van der Waals surface area contributed by atoms with Crippen molar-refractivity contribution in [2.45, 2.75) is 6.42 Å². The van der Waals surface area contributed by atoms with E-state index in [2.05, 4.69) is 0 Å². The summed E-state index contributed by atoms with van der Waals surface area (Å²) in [6, 6.07) is 6.73. The van der Waals surface area contributed by atoms with Gasteiger partial charge in [0.15, 0.2) is 5.69 Å². The Morgan fingerprint density at radius 2 is 2.06 bits per heavy atom. The minimum absolute atomic E-state index is 0.172. The van der Waals surface area contributed by atoms with Gasteiger partial charge in [0.25, 0.3) is 0 Å². The second-order valence-corrected chi connectivity index (χ2v) is 4.40. The molecule has 2 rings (SSSR count). The quantitative estimate of drug-likeness (QED) is 0.683. The van der Waals surface area contributed by atoms with Crippen molar-refractivity contribution < 1.29 is 9.59 Å². The number of hydrogen-bond donors (Lipinski definition) is 1. The standard InChI is InChI=1S/C12H15N3O2/c1-14-8-7-11(16)15(2,12(13)17)10-6-4-3-5-9(10)14/h3-6H,7-8H2,1-2H3,(H-,13,17)/p+1. The minimum atomic E-state index is -0.641. The maximum atomic E-state index is 12.1. The molecule has 17 heavy (non-hydrogen) atoms. The number of quaternary nitrogens is 1. The van der Waals surface area contributed by atoms with Crippen molar-refractivity contribution in [3.05, 3.63) is 24.3 Å². The van der Waals surface area contributed by atoms with Crippen LogP contribution in [0.3, 0.4) is 0 Å². The maximum absolute atomic E-state index is 12.1. The average molecular weight is 234 g/mol. The van der Waals surface area contributed by atoms with Crippen molar-refractivity contribution in [2.24, 2.45) is 5.73 Å². The number of hydrogen-bond acceptors (Lipinski definition) is 3. The van der Waals surface area contributed by atoms with Crippen molar-refractivity contribution in [3.63, 3.8) is 0 Å². The van der Waals surface area contributed by atoms with Crippen LogP contribution in [0.25, 0.3) is 0 Å². The van der Waals surface area contributed by atoms with Gasteiger partial charge in [0, 0.05) is 19.7 Å². The lowest BCUT2D eigenvalue weighted by molar-refractivity contribution is -0.126. The number of fused-ring (bicyclic) bond motifs is 1. The van der Waals surface area contributed by atoms with Gasteiger partial charge in [0.1, 0.15) is 0 Å². The van der Waals surface area contributed by atoms with Gasteiger partial charge in [-0.3, -0.25) is 0 Å². The van der Waals surface area contributed by atoms with E-state index in [4.69, 9.17) is 5.73 Å². The summed E-state index contributed by atoms with van der Waals surface area (Å²) in [5.74, 6) is -0.172. The zero-order valence-electron chi connectivity index (χ0n) is 10.0. The zero-order valence-corrected chi connectivity index (χ0v) is 10.0. The molecule has 0 saturated carbocycles. The number of rotatable bonds is 0. The molecule has 90 valence electrons. The topological polar surface area (TPSA) is 63.4 Å². The minimum Gasteiger partial charge on any atom is -0.369 e. The number of urea groups is 1. The van der Waals surface area contributed by atoms with Crippen LogP contribution in [0.5, 0.6) is 0 Å². The van der Waals surface area contributed by atoms with Gasteiger partial charge in [-0.1, -0.05) is 12.1 Å². The normalized spacial score (nSPS) is 24.1. The van der Waals surface area contributed by atoms with E-state index in [1.807, 2.05) is 30.1 Å². The number of nitrogens with zero attached hydrogens (tertiary/aromatic N) is 2. The Hall–Kier alpha value is -1.88. The van der Waals surface area contributed by atoms with E-state index in [-0.39, 0.29) is 5.91 Å². The van der Waals surface area contributed by atoms with E-state index in [1.165, 1.54) is 0 Å². The first-order valence-corrected chi connectivity index (χ1v) is 5.48. The SMILES string of the molecule is CN1CCC(=O)[N+](C)(C(N)=O)c2ccccc21. The molecule has 1 aromatic carbocycles.